The molecule has 3 aromatic carbocycles. The van der Waals surface area contributed by atoms with Crippen molar-refractivity contribution in [2.24, 2.45) is 0 Å². The van der Waals surface area contributed by atoms with E-state index in [1.165, 1.54) is 0 Å². The van der Waals surface area contributed by atoms with E-state index in [0.717, 1.165) is 28.1 Å². The minimum atomic E-state index is 0.631. The Kier molecular flexibility index (Phi) is 5.85. The molecule has 0 saturated heterocycles. The number of anilines is 2. The molecule has 0 heterocycles. The fraction of sp³-hybridized carbons (Fsp3) is 0.143. The van der Waals surface area contributed by atoms with Gasteiger partial charge >= 0.3 is 0 Å². The van der Waals surface area contributed by atoms with Crippen molar-refractivity contribution in [1.82, 2.24) is 0 Å². The van der Waals surface area contributed by atoms with E-state index >= 15 is 0 Å². The quantitative estimate of drug-likeness (QED) is 0.468. The average molecular weight is 371 g/mol. The highest BCUT2D eigenvalue weighted by Gasteiger charge is 2.12. The predicted molar refractivity (Wildman–Crippen MR) is 108 cm³/mol. The second-order valence-electron chi connectivity index (χ2n) is 5.98. The fourth-order valence-electron chi connectivity index (χ4n) is 2.67. The lowest BCUT2D eigenvalue weighted by atomic mass is 10.1. The third kappa shape index (κ3) is 4.68. The van der Waals surface area contributed by atoms with Crippen LogP contribution in [0.3, 0.4) is 0 Å². The zero-order valence-electron chi connectivity index (χ0n) is 14.1. The lowest BCUT2D eigenvalue weighted by Gasteiger charge is -2.22. The normalized spacial score (nSPS) is 10.5. The second kappa shape index (κ2) is 8.28. The van der Waals surface area contributed by atoms with E-state index in [4.69, 9.17) is 23.6 Å². The highest BCUT2D eigenvalue weighted by molar-refractivity contribution is 6.27. The molecule has 3 aromatic rings. The zero-order valence-corrected chi connectivity index (χ0v) is 15.6. The number of rotatable bonds is 6. The summed E-state index contributed by atoms with van der Waals surface area (Å²) >= 11 is 13.1. The molecular weight excluding hydrogens is 351 g/mol. The molecule has 0 bridgehead atoms. The number of hydrogen-bond acceptors (Lipinski definition) is 2. The Labute approximate surface area is 159 Å². The predicted octanol–water partition coefficient (Wildman–Crippen LogP) is 6.32. The molecular formula is C21H20Cl2N2. The Morgan fingerprint density at radius 1 is 0.680 bits per heavy atom. The SMILES string of the molecule is Cc1ccc(N(Cl)Cc2ccccc2)cc1N(Cl)Cc1ccccc1. The molecule has 128 valence electrons. The van der Waals surface area contributed by atoms with E-state index in [-0.39, 0.29) is 0 Å². The van der Waals surface area contributed by atoms with Gasteiger partial charge in [0.05, 0.1) is 24.5 Å². The van der Waals surface area contributed by atoms with Gasteiger partial charge in [0.2, 0.25) is 0 Å². The first kappa shape index (κ1) is 17.7. The van der Waals surface area contributed by atoms with Gasteiger partial charge in [0, 0.05) is 23.6 Å². The summed E-state index contributed by atoms with van der Waals surface area (Å²) in [6.45, 7) is 3.31. The number of nitrogens with zero attached hydrogens (tertiary/aromatic N) is 2. The Balaban J connectivity index is 1.77. The van der Waals surface area contributed by atoms with Gasteiger partial charge in [-0.2, -0.15) is 0 Å². The van der Waals surface area contributed by atoms with Crippen LogP contribution in [0.1, 0.15) is 16.7 Å². The van der Waals surface area contributed by atoms with Gasteiger partial charge in [-0.15, -0.1) is 0 Å². The number of halogens is 2. The second-order valence-corrected chi connectivity index (χ2v) is 6.80. The highest BCUT2D eigenvalue weighted by Crippen LogP contribution is 2.30. The molecule has 0 atom stereocenters. The van der Waals surface area contributed by atoms with Crippen molar-refractivity contribution >= 4 is 34.9 Å². The number of aryl methyl sites for hydroxylation is 1. The minimum Gasteiger partial charge on any atom is -0.281 e. The standard InChI is InChI=1S/C21H20Cl2N2/c1-17-12-13-20(24(22)15-18-8-4-2-5-9-18)14-21(17)25(23)16-19-10-6-3-7-11-19/h2-14H,15-16H2,1H3. The van der Waals surface area contributed by atoms with Crippen LogP contribution in [0.4, 0.5) is 11.4 Å². The average Bonchev–Trinajstić information content (AvgIpc) is 2.63. The van der Waals surface area contributed by atoms with Gasteiger partial charge in [0.1, 0.15) is 0 Å². The van der Waals surface area contributed by atoms with E-state index in [1.807, 2.05) is 54.6 Å². The summed E-state index contributed by atoms with van der Waals surface area (Å²) in [6.07, 6.45) is 0. The summed E-state index contributed by atoms with van der Waals surface area (Å²) in [5, 5.41) is 0. The molecule has 0 aliphatic carbocycles. The van der Waals surface area contributed by atoms with Crippen LogP contribution in [-0.2, 0) is 13.1 Å². The van der Waals surface area contributed by atoms with Gasteiger partial charge in [-0.3, -0.25) is 8.84 Å². The molecule has 0 unspecified atom stereocenters. The first-order valence-electron chi connectivity index (χ1n) is 8.18. The topological polar surface area (TPSA) is 6.48 Å². The molecule has 3 rings (SSSR count). The summed E-state index contributed by atoms with van der Waals surface area (Å²) in [5.41, 5.74) is 5.31. The Hall–Kier alpha value is -2.16. The maximum absolute atomic E-state index is 6.55. The summed E-state index contributed by atoms with van der Waals surface area (Å²) < 4.78 is 3.45. The van der Waals surface area contributed by atoms with Crippen molar-refractivity contribution in [2.45, 2.75) is 20.0 Å². The first-order valence-corrected chi connectivity index (χ1v) is 8.86. The van der Waals surface area contributed by atoms with Crippen LogP contribution in [0.5, 0.6) is 0 Å². The smallest absolute Gasteiger partial charge is 0.0599 e. The highest BCUT2D eigenvalue weighted by atomic mass is 35.5. The maximum Gasteiger partial charge on any atom is 0.0599 e. The third-order valence-corrected chi connectivity index (χ3v) is 4.68. The van der Waals surface area contributed by atoms with Crippen LogP contribution < -0.4 is 8.84 Å². The van der Waals surface area contributed by atoms with Crippen molar-refractivity contribution in [1.29, 1.82) is 0 Å². The summed E-state index contributed by atoms with van der Waals surface area (Å²) in [5.74, 6) is 0. The molecule has 0 aliphatic rings. The summed E-state index contributed by atoms with van der Waals surface area (Å²) in [6, 6.07) is 26.4. The van der Waals surface area contributed by atoms with Crippen molar-refractivity contribution in [3.63, 3.8) is 0 Å². The van der Waals surface area contributed by atoms with E-state index < -0.39 is 0 Å². The monoisotopic (exact) mass is 370 g/mol. The van der Waals surface area contributed by atoms with E-state index in [0.29, 0.717) is 13.1 Å². The number of benzene rings is 3. The van der Waals surface area contributed by atoms with Crippen LogP contribution >= 0.6 is 23.6 Å². The van der Waals surface area contributed by atoms with Gasteiger partial charge in [-0.25, -0.2) is 0 Å². The Morgan fingerprint density at radius 3 is 1.76 bits per heavy atom. The van der Waals surface area contributed by atoms with Gasteiger partial charge < -0.3 is 0 Å². The van der Waals surface area contributed by atoms with Crippen LogP contribution in [0.25, 0.3) is 0 Å². The lowest BCUT2D eigenvalue weighted by Crippen LogP contribution is -2.13. The zero-order chi connectivity index (χ0) is 17.6. The Bertz CT molecular complexity index is 807. The van der Waals surface area contributed by atoms with Crippen molar-refractivity contribution in [3.05, 3.63) is 95.6 Å². The van der Waals surface area contributed by atoms with Crippen molar-refractivity contribution in [3.8, 4) is 0 Å². The minimum absolute atomic E-state index is 0.631. The molecule has 0 spiro atoms. The third-order valence-electron chi connectivity index (χ3n) is 4.06. The molecule has 0 fully saturated rings. The molecule has 0 saturated carbocycles. The van der Waals surface area contributed by atoms with Crippen molar-refractivity contribution in [2.75, 3.05) is 8.84 Å². The molecule has 25 heavy (non-hydrogen) atoms. The van der Waals surface area contributed by atoms with Crippen LogP contribution in [0.15, 0.2) is 78.9 Å². The molecule has 0 aromatic heterocycles. The first-order chi connectivity index (χ1) is 12.1. The molecule has 0 amide bonds. The van der Waals surface area contributed by atoms with E-state index in [9.17, 15) is 0 Å². The molecule has 0 aliphatic heterocycles. The number of hydrogen-bond donors (Lipinski definition) is 0. The molecule has 0 N–H and O–H groups in total. The Morgan fingerprint density at radius 2 is 1.20 bits per heavy atom. The van der Waals surface area contributed by atoms with Crippen LogP contribution in [0.2, 0.25) is 0 Å². The van der Waals surface area contributed by atoms with Gasteiger partial charge in [-0.05, 0) is 35.7 Å². The fourth-order valence-corrected chi connectivity index (χ4v) is 3.24. The van der Waals surface area contributed by atoms with Crippen molar-refractivity contribution < 1.29 is 0 Å². The summed E-state index contributed by atoms with van der Waals surface area (Å²) in [4.78, 5) is 0. The van der Waals surface area contributed by atoms with Crippen LogP contribution in [0, 0.1) is 6.92 Å². The molecule has 2 nitrogen and oxygen atoms in total. The molecule has 4 heteroatoms. The molecule has 0 radical (unpaired) electrons. The summed E-state index contributed by atoms with van der Waals surface area (Å²) in [7, 11) is 0. The van der Waals surface area contributed by atoms with E-state index in [2.05, 4.69) is 31.2 Å². The maximum atomic E-state index is 6.55. The van der Waals surface area contributed by atoms with Gasteiger partial charge in [0.25, 0.3) is 0 Å². The van der Waals surface area contributed by atoms with Gasteiger partial charge in [0.15, 0.2) is 0 Å². The van der Waals surface area contributed by atoms with Gasteiger partial charge in [-0.1, -0.05) is 66.7 Å². The lowest BCUT2D eigenvalue weighted by molar-refractivity contribution is 1.02. The van der Waals surface area contributed by atoms with Crippen LogP contribution in [-0.4, -0.2) is 0 Å². The van der Waals surface area contributed by atoms with E-state index in [1.54, 1.807) is 8.84 Å². The largest absolute Gasteiger partial charge is 0.281 e.